The number of ketones is 1. The van der Waals surface area contributed by atoms with Gasteiger partial charge in [0.15, 0.2) is 0 Å². The van der Waals surface area contributed by atoms with Gasteiger partial charge in [0, 0.05) is 6.42 Å². The first-order valence-electron chi connectivity index (χ1n) is 4.72. The lowest BCUT2D eigenvalue weighted by Gasteiger charge is -2.11. The van der Waals surface area contributed by atoms with Gasteiger partial charge >= 0.3 is 17.9 Å². The molecule has 0 radical (unpaired) electrons. The zero-order valence-electron chi connectivity index (χ0n) is 9.85. The van der Waals surface area contributed by atoms with Crippen molar-refractivity contribution in [3.63, 3.8) is 0 Å². The summed E-state index contributed by atoms with van der Waals surface area (Å²) in [6.45, 7) is 0. The van der Waals surface area contributed by atoms with Crippen molar-refractivity contribution in [3.05, 3.63) is 0 Å². The Morgan fingerprint density at radius 2 is 1.47 bits per heavy atom. The Morgan fingerprint density at radius 3 is 1.88 bits per heavy atom. The van der Waals surface area contributed by atoms with Crippen molar-refractivity contribution in [1.29, 1.82) is 0 Å². The van der Waals surface area contributed by atoms with E-state index in [9.17, 15) is 19.2 Å². The first kappa shape index (κ1) is 15.1. The molecule has 0 aliphatic rings. The van der Waals surface area contributed by atoms with Gasteiger partial charge in [0.2, 0.25) is 5.78 Å². The molecular weight excluding hydrogens is 232 g/mol. The first-order valence-corrected chi connectivity index (χ1v) is 4.72. The van der Waals surface area contributed by atoms with E-state index in [0.717, 1.165) is 21.3 Å². The van der Waals surface area contributed by atoms with Crippen LogP contribution in [0.25, 0.3) is 0 Å². The minimum Gasteiger partial charge on any atom is -0.469 e. The standard InChI is InChI=1S/C10H14O7/c1-15-8(12)5-6(9(13)16-2)4-7(11)10(14)17-3/h6H,4-5H2,1-3H3/t6-/m0/s1. The minimum atomic E-state index is -1.07. The van der Waals surface area contributed by atoms with Gasteiger partial charge in [-0.1, -0.05) is 0 Å². The fourth-order valence-electron chi connectivity index (χ4n) is 1.11. The average molecular weight is 246 g/mol. The fraction of sp³-hybridized carbons (Fsp3) is 0.600. The molecule has 1 atom stereocenters. The molecule has 7 nitrogen and oxygen atoms in total. The molecule has 0 aromatic rings. The highest BCUT2D eigenvalue weighted by atomic mass is 16.5. The maximum Gasteiger partial charge on any atom is 0.374 e. The second kappa shape index (κ2) is 7.37. The summed E-state index contributed by atoms with van der Waals surface area (Å²) in [4.78, 5) is 44.4. The van der Waals surface area contributed by atoms with E-state index < -0.39 is 36.0 Å². The summed E-state index contributed by atoms with van der Waals surface area (Å²) in [6, 6.07) is 0. The Bertz CT molecular complexity index is 321. The third kappa shape index (κ3) is 5.10. The summed E-state index contributed by atoms with van der Waals surface area (Å²) in [6.07, 6.45) is -0.777. The Morgan fingerprint density at radius 1 is 0.882 bits per heavy atom. The van der Waals surface area contributed by atoms with Gasteiger partial charge in [-0.3, -0.25) is 14.4 Å². The Hall–Kier alpha value is -1.92. The van der Waals surface area contributed by atoms with E-state index in [-0.39, 0.29) is 6.42 Å². The topological polar surface area (TPSA) is 96.0 Å². The Kier molecular flexibility index (Phi) is 6.54. The molecule has 0 rings (SSSR count). The highest BCUT2D eigenvalue weighted by molar-refractivity contribution is 6.33. The van der Waals surface area contributed by atoms with Crippen LogP contribution < -0.4 is 0 Å². The first-order chi connectivity index (χ1) is 7.96. The van der Waals surface area contributed by atoms with Gasteiger partial charge in [-0.05, 0) is 0 Å². The maximum absolute atomic E-state index is 11.3. The number of methoxy groups -OCH3 is 3. The monoisotopic (exact) mass is 246 g/mol. The van der Waals surface area contributed by atoms with Gasteiger partial charge in [0.05, 0.1) is 33.7 Å². The fourth-order valence-corrected chi connectivity index (χ4v) is 1.11. The molecule has 96 valence electrons. The zero-order valence-corrected chi connectivity index (χ0v) is 9.85. The summed E-state index contributed by atoms with van der Waals surface area (Å²) in [5.41, 5.74) is 0. The van der Waals surface area contributed by atoms with Gasteiger partial charge in [-0.25, -0.2) is 4.79 Å². The molecule has 0 heterocycles. The summed E-state index contributed by atoms with van der Waals surface area (Å²) < 4.78 is 13.0. The molecule has 0 amide bonds. The van der Waals surface area contributed by atoms with Crippen LogP contribution in [0.2, 0.25) is 0 Å². The van der Waals surface area contributed by atoms with Crippen LogP contribution in [-0.4, -0.2) is 45.0 Å². The largest absolute Gasteiger partial charge is 0.469 e. The molecule has 0 fully saturated rings. The highest BCUT2D eigenvalue weighted by Gasteiger charge is 2.29. The van der Waals surface area contributed by atoms with Gasteiger partial charge in [-0.15, -0.1) is 0 Å². The number of hydrogen-bond donors (Lipinski definition) is 0. The number of Topliss-reactive ketones (excluding diaryl/α,β-unsaturated/α-hetero) is 1. The molecule has 0 saturated heterocycles. The van der Waals surface area contributed by atoms with Crippen molar-refractivity contribution in [2.45, 2.75) is 12.8 Å². The normalized spacial score (nSPS) is 11.2. The lowest BCUT2D eigenvalue weighted by molar-refractivity contribution is -0.156. The molecule has 0 unspecified atom stereocenters. The average Bonchev–Trinajstić information content (AvgIpc) is 2.35. The van der Waals surface area contributed by atoms with E-state index in [2.05, 4.69) is 14.2 Å². The zero-order chi connectivity index (χ0) is 13.4. The van der Waals surface area contributed by atoms with Crippen LogP contribution in [0, 0.1) is 5.92 Å². The second-order valence-electron chi connectivity index (χ2n) is 3.12. The Balaban J connectivity index is 4.60. The summed E-state index contributed by atoms with van der Waals surface area (Å²) in [5.74, 6) is -4.43. The van der Waals surface area contributed by atoms with E-state index in [4.69, 9.17) is 0 Å². The molecule has 0 spiro atoms. The van der Waals surface area contributed by atoms with E-state index >= 15 is 0 Å². The molecular formula is C10H14O7. The van der Waals surface area contributed by atoms with Crippen molar-refractivity contribution in [2.24, 2.45) is 5.92 Å². The SMILES string of the molecule is COC(=O)C[C@H](CC(=O)C(=O)OC)C(=O)OC. The highest BCUT2D eigenvalue weighted by Crippen LogP contribution is 2.12. The van der Waals surface area contributed by atoms with Crippen LogP contribution in [0.4, 0.5) is 0 Å². The molecule has 0 aromatic carbocycles. The van der Waals surface area contributed by atoms with E-state index in [1.54, 1.807) is 0 Å². The number of hydrogen-bond acceptors (Lipinski definition) is 7. The summed E-state index contributed by atoms with van der Waals surface area (Å²) in [7, 11) is 3.32. The molecule has 0 bridgehead atoms. The third-order valence-electron chi connectivity index (χ3n) is 2.02. The van der Waals surface area contributed by atoms with E-state index in [0.29, 0.717) is 0 Å². The third-order valence-corrected chi connectivity index (χ3v) is 2.02. The number of esters is 3. The molecule has 17 heavy (non-hydrogen) atoms. The van der Waals surface area contributed by atoms with Crippen molar-refractivity contribution in [3.8, 4) is 0 Å². The van der Waals surface area contributed by atoms with Crippen LogP contribution in [0.5, 0.6) is 0 Å². The Labute approximate surface area is 98.0 Å². The molecule has 0 saturated carbocycles. The predicted octanol–water partition coefficient (Wildman–Crippen LogP) is -0.529. The number of carbonyl (C=O) groups excluding carboxylic acids is 4. The van der Waals surface area contributed by atoms with Gasteiger partial charge < -0.3 is 14.2 Å². The lowest BCUT2D eigenvalue weighted by Crippen LogP contribution is -2.27. The van der Waals surface area contributed by atoms with Crippen molar-refractivity contribution in [1.82, 2.24) is 0 Å². The van der Waals surface area contributed by atoms with Gasteiger partial charge in [0.25, 0.3) is 0 Å². The molecule has 0 N–H and O–H groups in total. The number of carbonyl (C=O) groups is 4. The number of ether oxygens (including phenoxy) is 3. The van der Waals surface area contributed by atoms with Crippen LogP contribution in [0.1, 0.15) is 12.8 Å². The maximum atomic E-state index is 11.3. The number of rotatable bonds is 6. The van der Waals surface area contributed by atoms with Crippen LogP contribution in [0.3, 0.4) is 0 Å². The van der Waals surface area contributed by atoms with E-state index in [1.165, 1.54) is 0 Å². The van der Waals surface area contributed by atoms with Crippen molar-refractivity contribution < 1.29 is 33.4 Å². The lowest BCUT2D eigenvalue weighted by atomic mass is 9.99. The minimum absolute atomic E-state index is 0.327. The molecule has 0 aliphatic carbocycles. The van der Waals surface area contributed by atoms with Gasteiger partial charge in [-0.2, -0.15) is 0 Å². The molecule has 7 heteroatoms. The second-order valence-corrected chi connectivity index (χ2v) is 3.12. The summed E-state index contributed by atoms with van der Waals surface area (Å²) in [5, 5.41) is 0. The molecule has 0 aliphatic heterocycles. The van der Waals surface area contributed by atoms with Crippen molar-refractivity contribution in [2.75, 3.05) is 21.3 Å². The molecule has 0 aromatic heterocycles. The quantitative estimate of drug-likeness (QED) is 0.353. The van der Waals surface area contributed by atoms with Gasteiger partial charge in [0.1, 0.15) is 0 Å². The van der Waals surface area contributed by atoms with Crippen LogP contribution in [0.15, 0.2) is 0 Å². The van der Waals surface area contributed by atoms with Crippen molar-refractivity contribution >= 4 is 23.7 Å². The predicted molar refractivity (Wildman–Crippen MR) is 53.8 cm³/mol. The van der Waals surface area contributed by atoms with Crippen LogP contribution in [-0.2, 0) is 33.4 Å². The smallest absolute Gasteiger partial charge is 0.374 e. The van der Waals surface area contributed by atoms with E-state index in [1.807, 2.05) is 0 Å². The summed E-state index contributed by atoms with van der Waals surface area (Å²) >= 11 is 0. The van der Waals surface area contributed by atoms with Crippen LogP contribution >= 0.6 is 0 Å².